The van der Waals surface area contributed by atoms with E-state index in [0.717, 1.165) is 18.8 Å². The molecule has 0 fully saturated rings. The second-order valence-electron chi connectivity index (χ2n) is 11.3. The molecule has 0 spiro atoms. The molecule has 0 bridgehead atoms. The third-order valence-corrected chi connectivity index (χ3v) is 12.3. The number of sulfone groups is 3. The van der Waals surface area contributed by atoms with Crippen LogP contribution in [0.2, 0.25) is 0 Å². The van der Waals surface area contributed by atoms with Crippen LogP contribution in [0, 0.1) is 0 Å². The van der Waals surface area contributed by atoms with Crippen molar-refractivity contribution in [3.63, 3.8) is 0 Å². The number of sulfonamides is 1. The van der Waals surface area contributed by atoms with Gasteiger partial charge in [-0.2, -0.15) is 5.10 Å². The molecule has 4 aromatic carbocycles. The van der Waals surface area contributed by atoms with Gasteiger partial charge < -0.3 is 0 Å². The van der Waals surface area contributed by atoms with Crippen LogP contribution in [0.15, 0.2) is 122 Å². The Bertz CT molecular complexity index is 2270. The molecule has 11 nitrogen and oxygen atoms in total. The number of benzene rings is 4. The molecule has 254 valence electrons. The molecule has 48 heavy (non-hydrogen) atoms. The summed E-state index contributed by atoms with van der Waals surface area (Å²) < 4.78 is 128. The maximum Gasteiger partial charge on any atom is 0.279 e. The van der Waals surface area contributed by atoms with Gasteiger partial charge in [0.05, 0.1) is 31.2 Å². The van der Waals surface area contributed by atoms with Gasteiger partial charge in [-0.3, -0.25) is 0 Å². The van der Waals surface area contributed by atoms with E-state index in [0.29, 0.717) is 0 Å². The number of alkyl halides is 2. The Morgan fingerprint density at radius 1 is 0.604 bits per heavy atom. The number of anilines is 1. The number of hydrazone groups is 1. The van der Waals surface area contributed by atoms with E-state index in [9.17, 15) is 33.7 Å². The van der Waals surface area contributed by atoms with Gasteiger partial charge in [0.1, 0.15) is 11.3 Å². The molecule has 0 saturated heterocycles. The van der Waals surface area contributed by atoms with Crippen molar-refractivity contribution in [2.45, 2.75) is 37.5 Å². The van der Waals surface area contributed by atoms with Crippen molar-refractivity contribution in [3.8, 4) is 0 Å². The highest BCUT2D eigenvalue weighted by Gasteiger charge is 2.57. The fraction of sp³-hybridized carbons (Fsp3) is 0.194. The molecule has 0 radical (unpaired) electrons. The molecule has 1 aliphatic rings. The molecule has 2 N–H and O–H groups in total. The van der Waals surface area contributed by atoms with Crippen molar-refractivity contribution in [1.82, 2.24) is 0 Å². The van der Waals surface area contributed by atoms with Gasteiger partial charge in [0, 0.05) is 18.8 Å². The first-order chi connectivity index (χ1) is 22.1. The van der Waals surface area contributed by atoms with E-state index in [2.05, 4.69) is 5.10 Å². The van der Waals surface area contributed by atoms with Crippen molar-refractivity contribution in [3.05, 3.63) is 114 Å². The summed E-state index contributed by atoms with van der Waals surface area (Å²) in [5, 5.41) is 11.0. The van der Waals surface area contributed by atoms with Gasteiger partial charge in [-0.05, 0) is 77.4 Å². The summed E-state index contributed by atoms with van der Waals surface area (Å²) in [7, 11) is -15.2. The van der Waals surface area contributed by atoms with Gasteiger partial charge in [0.15, 0.2) is 29.5 Å². The molecule has 2 unspecified atom stereocenters. The molecule has 4 aromatic rings. The van der Waals surface area contributed by atoms with Crippen molar-refractivity contribution < 1.29 is 42.5 Å². The Labute approximate surface area is 277 Å². The van der Waals surface area contributed by atoms with Crippen LogP contribution in [0.3, 0.4) is 0 Å². The summed E-state index contributed by atoms with van der Waals surface area (Å²) in [6.07, 6.45) is -0.184. The largest absolute Gasteiger partial charge is 0.279 e. The minimum Gasteiger partial charge on any atom is -0.249 e. The SMILES string of the molecule is CS(=O)(=O)c1ccc(C2C(C(F)F)=NN(c3ccc(S(C)(=O)=O)cc3)C2(c2ccc(S(C)(=O)=O)cc2)c2ccc(S(N)(=O)=O)cc2)cc1. The van der Waals surface area contributed by atoms with E-state index in [1.807, 2.05) is 0 Å². The van der Waals surface area contributed by atoms with Crippen molar-refractivity contribution in [1.29, 1.82) is 0 Å². The van der Waals surface area contributed by atoms with Crippen LogP contribution in [-0.2, 0) is 45.1 Å². The van der Waals surface area contributed by atoms with Gasteiger partial charge in [-0.15, -0.1) is 0 Å². The van der Waals surface area contributed by atoms with Crippen LogP contribution in [0.4, 0.5) is 14.5 Å². The lowest BCUT2D eigenvalue weighted by molar-refractivity contribution is 0.220. The molecule has 0 aliphatic carbocycles. The normalized spacial score (nSPS) is 19.0. The summed E-state index contributed by atoms with van der Waals surface area (Å²) in [6, 6.07) is 21.1. The van der Waals surface area contributed by atoms with Crippen LogP contribution < -0.4 is 10.1 Å². The number of nitrogens with two attached hydrogens (primary N) is 1. The van der Waals surface area contributed by atoms with E-state index in [4.69, 9.17) is 5.14 Å². The highest BCUT2D eigenvalue weighted by molar-refractivity contribution is 7.91. The fourth-order valence-corrected chi connectivity index (χ4v) is 8.18. The van der Waals surface area contributed by atoms with E-state index in [-0.39, 0.29) is 42.0 Å². The minimum absolute atomic E-state index is 0.0583. The lowest BCUT2D eigenvalue weighted by Crippen LogP contribution is -2.47. The average Bonchev–Trinajstić information content (AvgIpc) is 3.37. The van der Waals surface area contributed by atoms with E-state index < -0.39 is 63.1 Å². The van der Waals surface area contributed by atoms with Gasteiger partial charge in [-0.25, -0.2) is 52.6 Å². The van der Waals surface area contributed by atoms with Crippen molar-refractivity contribution >= 4 is 50.9 Å². The van der Waals surface area contributed by atoms with E-state index >= 15 is 8.78 Å². The first-order valence-electron chi connectivity index (χ1n) is 13.9. The predicted molar refractivity (Wildman–Crippen MR) is 176 cm³/mol. The highest BCUT2D eigenvalue weighted by Crippen LogP contribution is 2.54. The molecular weight excluding hydrogens is 709 g/mol. The lowest BCUT2D eigenvalue weighted by atomic mass is 9.68. The molecule has 0 saturated carbocycles. The zero-order chi connectivity index (χ0) is 35.4. The molecule has 5 rings (SSSR count). The minimum atomic E-state index is -4.19. The van der Waals surface area contributed by atoms with E-state index in [1.165, 1.54) is 102 Å². The van der Waals surface area contributed by atoms with E-state index in [1.54, 1.807) is 0 Å². The first kappa shape index (κ1) is 35.3. The van der Waals surface area contributed by atoms with Gasteiger partial charge in [0.25, 0.3) is 6.43 Å². The smallest absolute Gasteiger partial charge is 0.249 e. The van der Waals surface area contributed by atoms with Crippen LogP contribution in [-0.4, -0.2) is 64.6 Å². The Morgan fingerprint density at radius 3 is 1.31 bits per heavy atom. The zero-order valence-electron chi connectivity index (χ0n) is 25.5. The molecule has 0 aromatic heterocycles. The molecular formula is C31H29F2N3O8S4. The maximum absolute atomic E-state index is 15.2. The fourth-order valence-electron chi connectivity index (χ4n) is 5.77. The number of rotatable bonds is 9. The standard InChI is InChI=1S/C31H29F2N3O8S4/c1-45(37,38)24-12-4-20(5-13-24)28-29(30(32)33)35-36(23-10-18-26(19-11-23)47(3,41)42)31(28,21-6-14-25(15-7-21)46(2,39)40)22-8-16-27(17-9-22)48(34,43)44/h4-19,28,30H,1-3H3,(H2,34,43,44). The average molecular weight is 738 g/mol. The second-order valence-corrected chi connectivity index (χ2v) is 18.9. The quantitative estimate of drug-likeness (QED) is 0.268. The molecule has 0 amide bonds. The number of hydrogen-bond acceptors (Lipinski definition) is 10. The predicted octanol–water partition coefficient (Wildman–Crippen LogP) is 3.71. The summed E-state index contributed by atoms with van der Waals surface area (Å²) in [5.41, 5.74) is -1.68. The van der Waals surface area contributed by atoms with Crippen LogP contribution in [0.5, 0.6) is 0 Å². The number of primary sulfonamides is 1. The first-order valence-corrected chi connectivity index (χ1v) is 21.1. The number of halogens is 2. The number of nitrogens with zero attached hydrogens (tertiary/aromatic N) is 2. The van der Waals surface area contributed by atoms with Crippen LogP contribution in [0.25, 0.3) is 0 Å². The van der Waals surface area contributed by atoms with Crippen LogP contribution in [0.1, 0.15) is 22.6 Å². The van der Waals surface area contributed by atoms with Gasteiger partial charge in [-0.1, -0.05) is 36.4 Å². The van der Waals surface area contributed by atoms with Gasteiger partial charge in [0.2, 0.25) is 10.0 Å². The van der Waals surface area contributed by atoms with Crippen molar-refractivity contribution in [2.75, 3.05) is 23.8 Å². The maximum atomic E-state index is 15.2. The van der Waals surface area contributed by atoms with Crippen molar-refractivity contribution in [2.24, 2.45) is 10.2 Å². The van der Waals surface area contributed by atoms with Gasteiger partial charge >= 0.3 is 0 Å². The van der Waals surface area contributed by atoms with Crippen LogP contribution >= 0.6 is 0 Å². The third-order valence-electron chi connectivity index (χ3n) is 7.98. The Kier molecular flexibility index (Phi) is 8.92. The summed E-state index contributed by atoms with van der Waals surface area (Å²) in [5.74, 6) is -1.40. The Morgan fingerprint density at radius 2 is 0.958 bits per heavy atom. The Hall–Kier alpha value is -4.03. The highest BCUT2D eigenvalue weighted by atomic mass is 32.2. The summed E-state index contributed by atoms with van der Waals surface area (Å²) >= 11 is 0. The lowest BCUT2D eigenvalue weighted by Gasteiger charge is -2.43. The molecule has 1 heterocycles. The molecule has 17 heteroatoms. The summed E-state index contributed by atoms with van der Waals surface area (Å²) in [4.78, 5) is -0.484. The second kappa shape index (κ2) is 12.1. The topological polar surface area (TPSA) is 178 Å². The molecule has 1 aliphatic heterocycles. The molecule has 2 atom stereocenters. The Balaban J connectivity index is 1.92. The number of hydrogen-bond donors (Lipinski definition) is 1. The monoisotopic (exact) mass is 737 g/mol. The zero-order valence-corrected chi connectivity index (χ0v) is 28.8. The third kappa shape index (κ3) is 6.52. The summed E-state index contributed by atoms with van der Waals surface area (Å²) in [6.45, 7) is 0.